The molecule has 0 N–H and O–H groups in total. The van der Waals surface area contributed by atoms with E-state index in [0.29, 0.717) is 11.8 Å². The van der Waals surface area contributed by atoms with Gasteiger partial charge >= 0.3 is 0 Å². The highest BCUT2D eigenvalue weighted by molar-refractivity contribution is 7.20. The molecule has 16 rings (SSSR count). The van der Waals surface area contributed by atoms with Crippen molar-refractivity contribution in [3.05, 3.63) is 303 Å². The molecular weight excluding hydrogens is 1030 g/mol. The maximum atomic E-state index is 5.74. The Kier molecular flexibility index (Phi) is 11.1. The number of nitrogens with zero attached hydrogens (tertiary/aromatic N) is 8. The summed E-state index contributed by atoms with van der Waals surface area (Å²) in [5, 5.41) is 10.4. The first-order valence-electron chi connectivity index (χ1n) is 27.8. The molecule has 0 spiro atoms. The lowest BCUT2D eigenvalue weighted by molar-refractivity contribution is 0.930. The zero-order chi connectivity index (χ0) is 54.2. The maximum absolute atomic E-state index is 5.74. The molecule has 0 bridgehead atoms. The van der Waals surface area contributed by atoms with Gasteiger partial charge in [0.15, 0.2) is 16.1 Å². The van der Waals surface area contributed by atoms with Crippen molar-refractivity contribution in [2.75, 3.05) is 0 Å². The minimum absolute atomic E-state index is 0.494. The largest absolute Gasteiger partial charge is 0.276 e. The first-order valence-corrected chi connectivity index (χ1v) is 31.8. The van der Waals surface area contributed by atoms with E-state index < -0.39 is 16.1 Å². The highest BCUT2D eigenvalue weighted by Crippen LogP contribution is 2.34. The van der Waals surface area contributed by atoms with Gasteiger partial charge in [-0.3, -0.25) is 13.4 Å². The molecule has 5 aromatic heterocycles. The summed E-state index contributed by atoms with van der Waals surface area (Å²) in [4.78, 5) is 22.2. The van der Waals surface area contributed by atoms with E-state index in [-0.39, 0.29) is 0 Å². The first-order chi connectivity index (χ1) is 40.7. The van der Waals surface area contributed by atoms with Crippen molar-refractivity contribution in [3.63, 3.8) is 0 Å². The van der Waals surface area contributed by atoms with Gasteiger partial charge in [0.25, 0.3) is 0 Å². The molecule has 0 saturated heterocycles. The van der Waals surface area contributed by atoms with Crippen LogP contribution in [-0.4, -0.2) is 54.0 Å². The van der Waals surface area contributed by atoms with Crippen LogP contribution in [-0.2, 0) is 0 Å². The number of hydrogen-bond donors (Lipinski definition) is 0. The Morgan fingerprint density at radius 2 is 0.585 bits per heavy atom. The van der Waals surface area contributed by atoms with Crippen molar-refractivity contribution in [3.8, 4) is 23.0 Å². The van der Waals surface area contributed by atoms with E-state index in [1.807, 2.05) is 6.07 Å². The molecule has 0 atom stereocenters. The molecule has 16 aromatic rings. The third-order valence-electron chi connectivity index (χ3n) is 16.7. The highest BCUT2D eigenvalue weighted by atomic mass is 28.3. The first kappa shape index (κ1) is 47.5. The van der Waals surface area contributed by atoms with Gasteiger partial charge in [-0.1, -0.05) is 249 Å². The van der Waals surface area contributed by atoms with E-state index in [4.69, 9.17) is 19.9 Å². The van der Waals surface area contributed by atoms with Crippen LogP contribution in [0.5, 0.6) is 0 Å². The number of hydrogen-bond acceptors (Lipinski definition) is 4. The van der Waals surface area contributed by atoms with Gasteiger partial charge in [-0.2, -0.15) is 4.98 Å². The van der Waals surface area contributed by atoms with Crippen LogP contribution in [0.1, 0.15) is 0 Å². The van der Waals surface area contributed by atoms with Crippen LogP contribution < -0.4 is 41.5 Å². The number of imidazole rings is 4. The second-order valence-electron chi connectivity index (χ2n) is 21.0. The molecule has 0 aliphatic heterocycles. The molecule has 0 fully saturated rings. The highest BCUT2D eigenvalue weighted by Gasteiger charge is 2.43. The summed E-state index contributed by atoms with van der Waals surface area (Å²) in [5.41, 5.74) is 9.49. The van der Waals surface area contributed by atoms with Crippen molar-refractivity contribution < 1.29 is 0 Å². The van der Waals surface area contributed by atoms with Crippen LogP contribution >= 0.6 is 0 Å². The zero-order valence-electron chi connectivity index (χ0n) is 44.4. The minimum Gasteiger partial charge on any atom is -0.276 e. The SMILES string of the molecule is c1ccc(-c2cc(-n3c4ccc([Si](c5ccccc5)(c5ccccc5)c5ccccc5)cc4n4c5ccccc5nc34)nc(-n3c4ccc([Si](c5ccccc5)(c5ccccc5)c5ccccc5)cc4n4c5ccccc5nc34)n2)cc1. The number of para-hydroxylation sites is 4. The average molecular weight is 1080 g/mol. The maximum Gasteiger partial charge on any atom is 0.239 e. The fraction of sp³-hybridized carbons (Fsp3) is 0. The number of benzene rings is 11. The Bertz CT molecular complexity index is 4540. The number of aromatic nitrogens is 8. The Balaban J connectivity index is 0.986. The van der Waals surface area contributed by atoms with E-state index in [9.17, 15) is 0 Å². The van der Waals surface area contributed by atoms with Gasteiger partial charge in [0.05, 0.1) is 49.8 Å². The van der Waals surface area contributed by atoms with Crippen LogP contribution in [0, 0.1) is 0 Å². The lowest BCUT2D eigenvalue weighted by atomic mass is 10.1. The van der Waals surface area contributed by atoms with E-state index in [2.05, 4.69) is 315 Å². The van der Waals surface area contributed by atoms with Gasteiger partial charge < -0.3 is 0 Å². The standard InChI is InChI=1S/C72H50N8Si2/c1-8-26-51(27-9-1)62-50-69(79-65-46-44-58(48-67(65)77-63-42-24-22-40-60(63)74-71(77)79)81(52-28-10-2-11-29-52,53-30-12-3-13-31-53)54-32-14-4-15-33-54)76-70(73-62)80-66-47-45-59(49-68(66)78-64-43-25-23-41-61(64)75-72(78)80)82(55-34-16-5-17-35-55,56-36-18-6-19-37-56)57-38-20-7-21-39-57/h1-50H. The van der Waals surface area contributed by atoms with Crippen molar-refractivity contribution in [1.29, 1.82) is 0 Å². The molecule has 10 heteroatoms. The Hall–Kier alpha value is -10.5. The zero-order valence-corrected chi connectivity index (χ0v) is 46.4. The predicted octanol–water partition coefficient (Wildman–Crippen LogP) is 10.4. The van der Waals surface area contributed by atoms with Crippen LogP contribution in [0.25, 0.3) is 78.7 Å². The van der Waals surface area contributed by atoms with Crippen LogP contribution in [0.15, 0.2) is 303 Å². The number of rotatable bonds is 11. The topological polar surface area (TPSA) is 70.2 Å². The van der Waals surface area contributed by atoms with Gasteiger partial charge in [0, 0.05) is 11.6 Å². The van der Waals surface area contributed by atoms with Gasteiger partial charge in [-0.15, -0.1) is 0 Å². The monoisotopic (exact) mass is 1080 g/mol. The summed E-state index contributed by atoms with van der Waals surface area (Å²) < 4.78 is 9.03. The summed E-state index contributed by atoms with van der Waals surface area (Å²) in [6, 6.07) is 110. The molecule has 0 saturated carbocycles. The average Bonchev–Trinajstić information content (AvgIpc) is 3.79. The van der Waals surface area contributed by atoms with Crippen molar-refractivity contribution >= 4 is 113 Å². The van der Waals surface area contributed by atoms with Gasteiger partial charge in [-0.25, -0.2) is 19.5 Å². The molecule has 82 heavy (non-hydrogen) atoms. The molecular formula is C72H50N8Si2. The normalized spacial score (nSPS) is 12.1. The van der Waals surface area contributed by atoms with Gasteiger partial charge in [0.2, 0.25) is 17.5 Å². The van der Waals surface area contributed by atoms with Crippen molar-refractivity contribution in [2.24, 2.45) is 0 Å². The van der Waals surface area contributed by atoms with E-state index >= 15 is 0 Å². The fourth-order valence-electron chi connectivity index (χ4n) is 13.2. The Morgan fingerprint density at radius 1 is 0.244 bits per heavy atom. The Morgan fingerprint density at radius 3 is 0.988 bits per heavy atom. The Labute approximate surface area is 474 Å². The molecule has 0 unspecified atom stereocenters. The smallest absolute Gasteiger partial charge is 0.239 e. The van der Waals surface area contributed by atoms with E-state index in [1.54, 1.807) is 0 Å². The second-order valence-corrected chi connectivity index (χ2v) is 28.6. The van der Waals surface area contributed by atoms with Crippen molar-refractivity contribution in [2.45, 2.75) is 0 Å². The molecule has 0 radical (unpaired) electrons. The van der Waals surface area contributed by atoms with E-state index in [1.165, 1.54) is 41.5 Å². The summed E-state index contributed by atoms with van der Waals surface area (Å²) in [6.45, 7) is 0. The third kappa shape index (κ3) is 7.15. The van der Waals surface area contributed by atoms with Gasteiger partial charge in [0.1, 0.15) is 5.82 Å². The fourth-order valence-corrected chi connectivity index (χ4v) is 22.7. The minimum atomic E-state index is -2.95. The summed E-state index contributed by atoms with van der Waals surface area (Å²) in [7, 11) is -5.88. The predicted molar refractivity (Wildman–Crippen MR) is 341 cm³/mol. The molecule has 11 aromatic carbocycles. The number of fused-ring (bicyclic) bond motifs is 10. The lowest BCUT2D eigenvalue weighted by Crippen LogP contribution is -2.74. The van der Waals surface area contributed by atoms with Crippen LogP contribution in [0.4, 0.5) is 0 Å². The second kappa shape index (κ2) is 19.1. The van der Waals surface area contributed by atoms with Gasteiger partial charge in [-0.05, 0) is 90.0 Å². The van der Waals surface area contributed by atoms with Crippen LogP contribution in [0.2, 0.25) is 0 Å². The molecule has 386 valence electrons. The molecule has 0 aliphatic rings. The third-order valence-corrected chi connectivity index (χ3v) is 26.3. The van der Waals surface area contributed by atoms with Crippen molar-refractivity contribution in [1.82, 2.24) is 37.9 Å². The van der Waals surface area contributed by atoms with E-state index in [0.717, 1.165) is 66.9 Å². The summed E-state index contributed by atoms with van der Waals surface area (Å²) >= 11 is 0. The summed E-state index contributed by atoms with van der Waals surface area (Å²) in [6.07, 6.45) is 0. The molecule has 5 heterocycles. The summed E-state index contributed by atoms with van der Waals surface area (Å²) in [5.74, 6) is 2.65. The quantitative estimate of drug-likeness (QED) is 0.0956. The van der Waals surface area contributed by atoms with Crippen LogP contribution in [0.3, 0.4) is 0 Å². The molecule has 8 nitrogen and oxygen atoms in total. The lowest BCUT2D eigenvalue weighted by Gasteiger charge is -2.34. The molecule has 0 aliphatic carbocycles. The molecule has 0 amide bonds.